The number of nitrogens with zero attached hydrogens (tertiary/aromatic N) is 4. The molecule has 9 heteroatoms. The molecule has 0 bridgehead atoms. The smallest absolute Gasteiger partial charge is 0.320 e. The largest absolute Gasteiger partial charge is 0.378 e. The van der Waals surface area contributed by atoms with E-state index in [0.717, 1.165) is 38.8 Å². The Kier molecular flexibility index (Phi) is 7.02. The van der Waals surface area contributed by atoms with Crippen LogP contribution < -0.4 is 5.32 Å². The van der Waals surface area contributed by atoms with Crippen LogP contribution in [0, 0.1) is 23.2 Å². The Bertz CT molecular complexity index is 607. The first kappa shape index (κ1) is 21.2. The summed E-state index contributed by atoms with van der Waals surface area (Å²) in [6.07, 6.45) is 3.76. The number of carbonyl (C=O) groups is 2. The van der Waals surface area contributed by atoms with Crippen molar-refractivity contribution in [2.75, 3.05) is 52.5 Å². The van der Waals surface area contributed by atoms with Gasteiger partial charge in [0.15, 0.2) is 0 Å². The lowest BCUT2D eigenvalue weighted by Crippen LogP contribution is -2.48. The number of likely N-dealkylation sites (tertiary alicyclic amines) is 2. The summed E-state index contributed by atoms with van der Waals surface area (Å²) in [5.41, 5.74) is 0. The predicted molar refractivity (Wildman–Crippen MR) is 105 cm³/mol. The van der Waals surface area contributed by atoms with Crippen molar-refractivity contribution in [3.8, 4) is 6.07 Å². The molecule has 3 atom stereocenters. The maximum absolute atomic E-state index is 12.6. The fourth-order valence-electron chi connectivity index (χ4n) is 5.11. The van der Waals surface area contributed by atoms with E-state index >= 15 is 0 Å². The molecule has 0 aromatic heterocycles. The molecule has 0 spiro atoms. The molecule has 4 aliphatic rings. The van der Waals surface area contributed by atoms with Crippen molar-refractivity contribution in [3.05, 3.63) is 0 Å². The molecule has 1 aliphatic carbocycles. The summed E-state index contributed by atoms with van der Waals surface area (Å²) in [5, 5.41) is 12.5. The second kappa shape index (κ2) is 9.29. The van der Waals surface area contributed by atoms with Gasteiger partial charge in [0.25, 0.3) is 0 Å². The van der Waals surface area contributed by atoms with E-state index in [-0.39, 0.29) is 30.4 Å². The van der Waals surface area contributed by atoms with Crippen LogP contribution >= 0.6 is 12.4 Å². The molecule has 8 nitrogen and oxygen atoms in total. The average molecular weight is 412 g/mol. The van der Waals surface area contributed by atoms with Crippen molar-refractivity contribution in [3.63, 3.8) is 0 Å². The minimum atomic E-state index is -0.248. The van der Waals surface area contributed by atoms with Crippen LogP contribution in [-0.2, 0) is 9.53 Å². The van der Waals surface area contributed by atoms with Crippen molar-refractivity contribution < 1.29 is 14.3 Å². The van der Waals surface area contributed by atoms with Crippen LogP contribution in [-0.4, -0.2) is 91.2 Å². The molecule has 2 unspecified atom stereocenters. The van der Waals surface area contributed by atoms with Crippen LogP contribution in [0.2, 0.25) is 0 Å². The standard InChI is InChI=1S/C19H29N5O3.ClH/c20-10-17-2-1-3-24(17)18(25)11-21-16-8-14-12-23(13-15(14)9-16)19(26)22-4-6-27-7-5-22;/h14-17,21H,1-9,11-13H2;1H/t14?,15?,16?,17-;/m0./s1. The Labute approximate surface area is 172 Å². The van der Waals surface area contributed by atoms with E-state index in [9.17, 15) is 9.59 Å². The normalized spacial score (nSPS) is 32.0. The fraction of sp³-hybridized carbons (Fsp3) is 0.842. The van der Waals surface area contributed by atoms with E-state index in [1.54, 1.807) is 4.90 Å². The number of rotatable bonds is 3. The maximum Gasteiger partial charge on any atom is 0.320 e. The minimum Gasteiger partial charge on any atom is -0.378 e. The van der Waals surface area contributed by atoms with E-state index in [4.69, 9.17) is 10.00 Å². The summed E-state index contributed by atoms with van der Waals surface area (Å²) in [5.74, 6) is 1.10. The molecule has 3 saturated heterocycles. The lowest BCUT2D eigenvalue weighted by atomic mass is 10.0. The summed E-state index contributed by atoms with van der Waals surface area (Å²) in [6.45, 7) is 5.33. The van der Waals surface area contributed by atoms with Gasteiger partial charge in [0.2, 0.25) is 5.91 Å². The van der Waals surface area contributed by atoms with Crippen LogP contribution in [0.3, 0.4) is 0 Å². The highest BCUT2D eigenvalue weighted by atomic mass is 35.5. The minimum absolute atomic E-state index is 0. The molecule has 0 radical (unpaired) electrons. The summed E-state index contributed by atoms with van der Waals surface area (Å²) in [6, 6.07) is 2.47. The second-order valence-electron chi connectivity index (χ2n) is 8.23. The molecule has 0 aromatic carbocycles. The molecule has 28 heavy (non-hydrogen) atoms. The van der Waals surface area contributed by atoms with Gasteiger partial charge in [0.05, 0.1) is 25.8 Å². The van der Waals surface area contributed by atoms with Gasteiger partial charge in [-0.3, -0.25) is 4.79 Å². The van der Waals surface area contributed by atoms with Gasteiger partial charge in [-0.05, 0) is 37.5 Å². The van der Waals surface area contributed by atoms with Crippen molar-refractivity contribution >= 4 is 24.3 Å². The zero-order chi connectivity index (χ0) is 18.8. The highest BCUT2D eigenvalue weighted by Crippen LogP contribution is 2.38. The third kappa shape index (κ3) is 4.37. The highest BCUT2D eigenvalue weighted by Gasteiger charge is 2.43. The van der Waals surface area contributed by atoms with Crippen LogP contribution in [0.1, 0.15) is 25.7 Å². The first-order valence-electron chi connectivity index (χ1n) is 10.2. The van der Waals surface area contributed by atoms with Gasteiger partial charge < -0.3 is 24.8 Å². The van der Waals surface area contributed by atoms with Gasteiger partial charge in [-0.2, -0.15) is 5.26 Å². The molecule has 0 aromatic rings. The van der Waals surface area contributed by atoms with Crippen molar-refractivity contribution in [2.24, 2.45) is 11.8 Å². The van der Waals surface area contributed by atoms with Gasteiger partial charge in [0.1, 0.15) is 6.04 Å². The zero-order valence-electron chi connectivity index (χ0n) is 16.2. The van der Waals surface area contributed by atoms with Crippen LogP contribution in [0.5, 0.6) is 0 Å². The second-order valence-corrected chi connectivity index (χ2v) is 8.23. The number of ether oxygens (including phenoxy) is 1. The van der Waals surface area contributed by atoms with Crippen LogP contribution in [0.15, 0.2) is 0 Å². The molecule has 4 rings (SSSR count). The molecular formula is C19H30ClN5O3. The Morgan fingerprint density at radius 3 is 2.39 bits per heavy atom. The number of hydrogen-bond acceptors (Lipinski definition) is 5. The molecule has 4 fully saturated rings. The number of fused-ring (bicyclic) bond motifs is 1. The van der Waals surface area contributed by atoms with Crippen molar-refractivity contribution in [1.82, 2.24) is 20.0 Å². The van der Waals surface area contributed by atoms with E-state index < -0.39 is 0 Å². The Hall–Kier alpha value is -1.56. The third-order valence-corrected chi connectivity index (χ3v) is 6.57. The topological polar surface area (TPSA) is 88.9 Å². The van der Waals surface area contributed by atoms with Crippen molar-refractivity contribution in [2.45, 2.75) is 37.8 Å². The first-order valence-corrected chi connectivity index (χ1v) is 10.2. The Morgan fingerprint density at radius 1 is 1.07 bits per heavy atom. The monoisotopic (exact) mass is 411 g/mol. The average Bonchev–Trinajstić information content (AvgIpc) is 3.40. The van der Waals surface area contributed by atoms with Crippen LogP contribution in [0.4, 0.5) is 4.79 Å². The Morgan fingerprint density at radius 2 is 1.75 bits per heavy atom. The van der Waals surface area contributed by atoms with Gasteiger partial charge in [-0.1, -0.05) is 0 Å². The van der Waals surface area contributed by atoms with E-state index in [1.165, 1.54) is 0 Å². The summed E-state index contributed by atoms with van der Waals surface area (Å²) in [7, 11) is 0. The highest BCUT2D eigenvalue weighted by molar-refractivity contribution is 5.85. The van der Waals surface area contributed by atoms with Gasteiger partial charge in [0, 0.05) is 38.8 Å². The molecule has 3 aliphatic heterocycles. The van der Waals surface area contributed by atoms with Gasteiger partial charge >= 0.3 is 6.03 Å². The van der Waals surface area contributed by atoms with Gasteiger partial charge in [-0.25, -0.2) is 4.79 Å². The number of nitriles is 1. The molecule has 3 heterocycles. The number of hydrogen-bond donors (Lipinski definition) is 1. The van der Waals surface area contributed by atoms with Crippen molar-refractivity contribution in [1.29, 1.82) is 5.26 Å². The summed E-state index contributed by atoms with van der Waals surface area (Å²) in [4.78, 5) is 30.6. The number of urea groups is 1. The number of amides is 3. The summed E-state index contributed by atoms with van der Waals surface area (Å²) >= 11 is 0. The summed E-state index contributed by atoms with van der Waals surface area (Å²) < 4.78 is 5.33. The number of halogens is 1. The lowest BCUT2D eigenvalue weighted by Gasteiger charge is -2.31. The SMILES string of the molecule is Cl.N#C[C@@H]1CCCN1C(=O)CNC1CC2CN(C(=O)N3CCOCC3)CC2C1. The predicted octanol–water partition coefficient (Wildman–Crippen LogP) is 0.675. The van der Waals surface area contributed by atoms with E-state index in [2.05, 4.69) is 11.4 Å². The quantitative estimate of drug-likeness (QED) is 0.737. The van der Waals surface area contributed by atoms with Gasteiger partial charge in [-0.15, -0.1) is 12.4 Å². The number of morpholine rings is 1. The molecule has 3 amide bonds. The molecule has 1 N–H and O–H groups in total. The Balaban J connectivity index is 0.00000225. The molecular weight excluding hydrogens is 382 g/mol. The molecule has 156 valence electrons. The first-order chi connectivity index (χ1) is 13.2. The molecule has 1 saturated carbocycles. The third-order valence-electron chi connectivity index (χ3n) is 6.57. The number of carbonyl (C=O) groups excluding carboxylic acids is 2. The zero-order valence-corrected chi connectivity index (χ0v) is 17.0. The van der Waals surface area contributed by atoms with E-state index in [0.29, 0.717) is 57.3 Å². The lowest BCUT2D eigenvalue weighted by molar-refractivity contribution is -0.130. The van der Waals surface area contributed by atoms with E-state index in [1.807, 2.05) is 9.80 Å². The van der Waals surface area contributed by atoms with Crippen LogP contribution in [0.25, 0.3) is 0 Å². The maximum atomic E-state index is 12.6. The fourth-order valence-corrected chi connectivity index (χ4v) is 5.11. The number of nitrogens with one attached hydrogen (secondary N) is 1.